The maximum atomic E-state index is 12.7. The molecule has 0 radical (unpaired) electrons. The zero-order valence-electron chi connectivity index (χ0n) is 13.0. The van der Waals surface area contributed by atoms with Crippen LogP contribution in [0, 0.1) is 0 Å². The molecule has 0 aliphatic rings. The van der Waals surface area contributed by atoms with Gasteiger partial charge in [0.15, 0.2) is 11.5 Å². The molecule has 0 fully saturated rings. The molecule has 128 valence electrons. The Bertz CT molecular complexity index is 823. The van der Waals surface area contributed by atoms with Crippen LogP contribution in [0.4, 0.5) is 13.2 Å². The molecule has 3 rings (SSSR count). The number of nitrogens with one attached hydrogen (secondary N) is 1. The Labute approximate surface area is 135 Å². The minimum absolute atomic E-state index is 0.0278. The molecule has 24 heavy (non-hydrogen) atoms. The van der Waals surface area contributed by atoms with Gasteiger partial charge in [-0.15, -0.1) is 13.2 Å². The fourth-order valence-corrected chi connectivity index (χ4v) is 2.25. The molecular weight excluding hydrogens is 325 g/mol. The standard InChI is InChI=1S/C16H15F3N2O3/c1-9(2)12-5-10-6-15(24-16(17,18)19)14(7-13(10)20-12)22-8-11-3-4-23-21-11/h3-7,9,20H,8H2,1-2H3. The van der Waals surface area contributed by atoms with Crippen LogP contribution in [0.25, 0.3) is 10.9 Å². The Morgan fingerprint density at radius 1 is 1.21 bits per heavy atom. The summed E-state index contributed by atoms with van der Waals surface area (Å²) in [6.45, 7) is 3.94. The lowest BCUT2D eigenvalue weighted by atomic mass is 10.1. The highest BCUT2D eigenvalue weighted by Crippen LogP contribution is 2.37. The maximum Gasteiger partial charge on any atom is 0.573 e. The number of hydrogen-bond acceptors (Lipinski definition) is 4. The number of alkyl halides is 3. The molecular formula is C16H15F3N2O3. The molecule has 8 heteroatoms. The van der Waals surface area contributed by atoms with Crippen LogP contribution in [0.3, 0.4) is 0 Å². The first-order valence-corrected chi connectivity index (χ1v) is 7.26. The smallest absolute Gasteiger partial charge is 0.483 e. The van der Waals surface area contributed by atoms with Crippen molar-refractivity contribution in [3.05, 3.63) is 41.9 Å². The Morgan fingerprint density at radius 2 is 2.00 bits per heavy atom. The van der Waals surface area contributed by atoms with Crippen molar-refractivity contribution in [2.45, 2.75) is 32.7 Å². The molecule has 0 aliphatic carbocycles. The van der Waals surface area contributed by atoms with Crippen molar-refractivity contribution >= 4 is 10.9 Å². The van der Waals surface area contributed by atoms with Crippen molar-refractivity contribution in [3.63, 3.8) is 0 Å². The second-order valence-corrected chi connectivity index (χ2v) is 5.59. The average Bonchev–Trinajstić information content (AvgIpc) is 3.11. The molecule has 5 nitrogen and oxygen atoms in total. The molecule has 2 heterocycles. The van der Waals surface area contributed by atoms with Gasteiger partial charge in [0.05, 0.1) is 0 Å². The summed E-state index contributed by atoms with van der Waals surface area (Å²) in [5.41, 5.74) is 2.04. The van der Waals surface area contributed by atoms with Gasteiger partial charge in [-0.3, -0.25) is 0 Å². The zero-order valence-corrected chi connectivity index (χ0v) is 13.0. The van der Waals surface area contributed by atoms with Gasteiger partial charge >= 0.3 is 6.36 Å². The number of benzene rings is 1. The van der Waals surface area contributed by atoms with Gasteiger partial charge in [-0.1, -0.05) is 19.0 Å². The highest BCUT2D eigenvalue weighted by molar-refractivity contribution is 5.84. The first-order valence-electron chi connectivity index (χ1n) is 7.26. The number of rotatable bonds is 5. The first kappa shape index (κ1) is 16.2. The fourth-order valence-electron chi connectivity index (χ4n) is 2.25. The zero-order chi connectivity index (χ0) is 17.3. The third-order valence-corrected chi connectivity index (χ3v) is 3.42. The molecule has 3 aromatic rings. The number of fused-ring (bicyclic) bond motifs is 1. The van der Waals surface area contributed by atoms with E-state index in [0.29, 0.717) is 16.6 Å². The summed E-state index contributed by atoms with van der Waals surface area (Å²) in [6.07, 6.45) is -3.45. The van der Waals surface area contributed by atoms with Gasteiger partial charge in [0.1, 0.15) is 18.6 Å². The summed E-state index contributed by atoms with van der Waals surface area (Å²) >= 11 is 0. The topological polar surface area (TPSA) is 60.3 Å². The quantitative estimate of drug-likeness (QED) is 0.728. The van der Waals surface area contributed by atoms with Gasteiger partial charge in [-0.2, -0.15) is 0 Å². The molecule has 0 saturated heterocycles. The Kier molecular flexibility index (Phi) is 4.13. The average molecular weight is 340 g/mol. The van der Waals surface area contributed by atoms with E-state index in [-0.39, 0.29) is 18.3 Å². The number of H-pyrrole nitrogens is 1. The molecule has 1 aromatic carbocycles. The number of aromatic nitrogens is 2. The number of hydrogen-bond donors (Lipinski definition) is 1. The SMILES string of the molecule is CC(C)c1cc2cc(OC(F)(F)F)c(OCc3ccon3)cc2[nH]1. The summed E-state index contributed by atoms with van der Waals surface area (Å²) in [5, 5.41) is 4.27. The van der Waals surface area contributed by atoms with Crippen molar-refractivity contribution in [2.24, 2.45) is 0 Å². The van der Waals surface area contributed by atoms with Gasteiger partial charge in [0, 0.05) is 28.7 Å². The van der Waals surface area contributed by atoms with E-state index in [1.807, 2.05) is 13.8 Å². The number of halogens is 3. The van der Waals surface area contributed by atoms with Gasteiger partial charge in [0.25, 0.3) is 0 Å². The third kappa shape index (κ3) is 3.64. The van der Waals surface area contributed by atoms with Crippen LogP contribution in [-0.4, -0.2) is 16.5 Å². The molecule has 1 N–H and O–H groups in total. The number of ether oxygens (including phenoxy) is 2. The monoisotopic (exact) mass is 340 g/mol. The Morgan fingerprint density at radius 3 is 2.62 bits per heavy atom. The fraction of sp³-hybridized carbons (Fsp3) is 0.312. The van der Waals surface area contributed by atoms with Crippen molar-refractivity contribution in [2.75, 3.05) is 0 Å². The minimum atomic E-state index is -4.81. The minimum Gasteiger partial charge on any atom is -0.483 e. The lowest BCUT2D eigenvalue weighted by Crippen LogP contribution is -2.17. The van der Waals surface area contributed by atoms with E-state index < -0.39 is 12.1 Å². The van der Waals surface area contributed by atoms with Gasteiger partial charge in [0.2, 0.25) is 0 Å². The van der Waals surface area contributed by atoms with Crippen LogP contribution in [-0.2, 0) is 6.61 Å². The molecule has 0 spiro atoms. The third-order valence-electron chi connectivity index (χ3n) is 3.42. The van der Waals surface area contributed by atoms with E-state index in [1.165, 1.54) is 18.4 Å². The largest absolute Gasteiger partial charge is 0.573 e. The highest BCUT2D eigenvalue weighted by atomic mass is 19.4. The molecule has 0 bridgehead atoms. The highest BCUT2D eigenvalue weighted by Gasteiger charge is 2.33. The van der Waals surface area contributed by atoms with Crippen molar-refractivity contribution < 1.29 is 27.2 Å². The summed E-state index contributed by atoms with van der Waals surface area (Å²) < 4.78 is 52.2. The van der Waals surface area contributed by atoms with Crippen molar-refractivity contribution in [1.29, 1.82) is 0 Å². The lowest BCUT2D eigenvalue weighted by Gasteiger charge is -2.14. The molecule has 0 unspecified atom stereocenters. The van der Waals surface area contributed by atoms with Crippen LogP contribution < -0.4 is 9.47 Å². The van der Waals surface area contributed by atoms with Crippen LogP contribution in [0.5, 0.6) is 11.5 Å². The van der Waals surface area contributed by atoms with E-state index in [0.717, 1.165) is 5.69 Å². The maximum absolute atomic E-state index is 12.7. The predicted molar refractivity (Wildman–Crippen MR) is 79.9 cm³/mol. The predicted octanol–water partition coefficient (Wildman–Crippen LogP) is 4.76. The van der Waals surface area contributed by atoms with E-state index >= 15 is 0 Å². The van der Waals surface area contributed by atoms with Gasteiger partial charge in [-0.25, -0.2) is 0 Å². The number of aromatic amines is 1. The van der Waals surface area contributed by atoms with Crippen LogP contribution in [0.1, 0.15) is 31.2 Å². The molecule has 0 saturated carbocycles. The summed E-state index contributed by atoms with van der Waals surface area (Å²) in [4.78, 5) is 3.17. The molecule has 0 aliphatic heterocycles. The van der Waals surface area contributed by atoms with E-state index in [4.69, 9.17) is 4.74 Å². The summed E-state index contributed by atoms with van der Waals surface area (Å²) in [7, 11) is 0. The van der Waals surface area contributed by atoms with Gasteiger partial charge in [-0.05, 0) is 18.1 Å². The van der Waals surface area contributed by atoms with Gasteiger partial charge < -0.3 is 19.0 Å². The molecule has 0 atom stereocenters. The number of nitrogens with zero attached hydrogens (tertiary/aromatic N) is 1. The Hall–Kier alpha value is -2.64. The van der Waals surface area contributed by atoms with E-state index in [9.17, 15) is 13.2 Å². The van der Waals surface area contributed by atoms with Crippen molar-refractivity contribution in [3.8, 4) is 11.5 Å². The summed E-state index contributed by atoms with van der Waals surface area (Å²) in [5.74, 6) is -0.211. The van der Waals surface area contributed by atoms with Crippen LogP contribution in [0.2, 0.25) is 0 Å². The van der Waals surface area contributed by atoms with E-state index in [2.05, 4.69) is 19.4 Å². The van der Waals surface area contributed by atoms with Crippen LogP contribution >= 0.6 is 0 Å². The molecule has 2 aromatic heterocycles. The Balaban J connectivity index is 1.97. The van der Waals surface area contributed by atoms with Crippen LogP contribution in [0.15, 0.2) is 35.1 Å². The van der Waals surface area contributed by atoms with E-state index in [1.54, 1.807) is 12.1 Å². The first-order chi connectivity index (χ1) is 11.3. The second kappa shape index (κ2) is 6.10. The second-order valence-electron chi connectivity index (χ2n) is 5.59. The summed E-state index contributed by atoms with van der Waals surface area (Å²) in [6, 6.07) is 6.16. The van der Waals surface area contributed by atoms with Crippen molar-refractivity contribution in [1.82, 2.24) is 10.1 Å². The molecule has 0 amide bonds. The normalized spacial score (nSPS) is 12.1. The lowest BCUT2D eigenvalue weighted by molar-refractivity contribution is -0.275.